The molecule has 0 aliphatic carbocycles. The van der Waals surface area contributed by atoms with Crippen molar-refractivity contribution in [1.82, 2.24) is 20.2 Å². The fourth-order valence-corrected chi connectivity index (χ4v) is 2.30. The molecule has 0 spiro atoms. The van der Waals surface area contributed by atoms with Crippen LogP contribution in [0, 0.1) is 0 Å². The second-order valence-corrected chi connectivity index (χ2v) is 5.64. The van der Waals surface area contributed by atoms with Gasteiger partial charge in [0.15, 0.2) is 0 Å². The van der Waals surface area contributed by atoms with Crippen molar-refractivity contribution in [2.24, 2.45) is 0 Å². The number of hydrogen-bond acceptors (Lipinski definition) is 3. The van der Waals surface area contributed by atoms with Gasteiger partial charge in [-0.15, -0.1) is 0 Å². The number of nitrogens with one attached hydrogen (secondary N) is 2. The van der Waals surface area contributed by atoms with Crippen LogP contribution in [0.15, 0.2) is 6.20 Å². The number of nitrogens with zero attached hydrogens (tertiary/aromatic N) is 2. The number of H-pyrrole nitrogens is 1. The lowest BCUT2D eigenvalue weighted by Crippen LogP contribution is -2.34. The molecule has 4 nitrogen and oxygen atoms in total. The molecule has 4 heteroatoms. The van der Waals surface area contributed by atoms with Gasteiger partial charge in [-0.05, 0) is 53.9 Å². The Balaban J connectivity index is 2.08. The van der Waals surface area contributed by atoms with Gasteiger partial charge in [0.1, 0.15) is 5.82 Å². The Kier molecular flexibility index (Phi) is 3.54. The van der Waals surface area contributed by atoms with Gasteiger partial charge in [0.05, 0.1) is 5.54 Å². The zero-order chi connectivity index (χ0) is 12.5. The summed E-state index contributed by atoms with van der Waals surface area (Å²) < 4.78 is 0. The molecule has 2 heterocycles. The van der Waals surface area contributed by atoms with Gasteiger partial charge >= 0.3 is 0 Å². The smallest absolute Gasteiger partial charge is 0.126 e. The topological polar surface area (TPSA) is 44.0 Å². The van der Waals surface area contributed by atoms with E-state index in [0.29, 0.717) is 5.92 Å². The van der Waals surface area contributed by atoms with Crippen LogP contribution in [0.2, 0.25) is 0 Å². The third kappa shape index (κ3) is 2.69. The van der Waals surface area contributed by atoms with E-state index >= 15 is 0 Å². The number of hydrogen-bond donors (Lipinski definition) is 2. The largest absolute Gasteiger partial charge is 0.344 e. The molecular weight excluding hydrogens is 212 g/mol. The Morgan fingerprint density at radius 3 is 2.65 bits per heavy atom. The van der Waals surface area contributed by atoms with Gasteiger partial charge in [0.2, 0.25) is 0 Å². The first-order chi connectivity index (χ1) is 8.03. The van der Waals surface area contributed by atoms with E-state index in [1.807, 2.05) is 13.2 Å². The Labute approximate surface area is 104 Å². The monoisotopic (exact) mass is 236 g/mol. The van der Waals surface area contributed by atoms with E-state index in [1.54, 1.807) is 0 Å². The van der Waals surface area contributed by atoms with Crippen LogP contribution in [0.4, 0.5) is 0 Å². The van der Waals surface area contributed by atoms with E-state index in [9.17, 15) is 0 Å². The molecule has 0 radical (unpaired) electrons. The highest BCUT2D eigenvalue weighted by Gasteiger charge is 2.25. The van der Waals surface area contributed by atoms with Gasteiger partial charge in [-0.3, -0.25) is 0 Å². The number of aromatic amines is 1. The summed E-state index contributed by atoms with van der Waals surface area (Å²) in [6.45, 7) is 6.66. The van der Waals surface area contributed by atoms with Crippen molar-refractivity contribution in [3.05, 3.63) is 17.7 Å². The van der Waals surface area contributed by atoms with Gasteiger partial charge in [-0.1, -0.05) is 0 Å². The molecule has 0 unspecified atom stereocenters. The molecule has 1 fully saturated rings. The predicted molar refractivity (Wildman–Crippen MR) is 70.1 cm³/mol. The fraction of sp³-hybridized carbons (Fsp3) is 0.769. The molecule has 0 atom stereocenters. The SMILES string of the molecule is CNC(C)(C)c1ncc(C2CCN(C)CC2)[nH]1. The third-order valence-corrected chi connectivity index (χ3v) is 3.97. The Morgan fingerprint density at radius 1 is 1.41 bits per heavy atom. The van der Waals surface area contributed by atoms with E-state index in [4.69, 9.17) is 0 Å². The van der Waals surface area contributed by atoms with Crippen molar-refractivity contribution in [3.8, 4) is 0 Å². The second kappa shape index (κ2) is 4.78. The van der Waals surface area contributed by atoms with Crippen LogP contribution in [0.3, 0.4) is 0 Å². The molecule has 2 N–H and O–H groups in total. The van der Waals surface area contributed by atoms with Crippen LogP contribution in [0.25, 0.3) is 0 Å². The van der Waals surface area contributed by atoms with Crippen LogP contribution in [-0.4, -0.2) is 42.1 Å². The van der Waals surface area contributed by atoms with E-state index < -0.39 is 0 Å². The molecule has 0 saturated carbocycles. The Hall–Kier alpha value is -0.870. The normalized spacial score (nSPS) is 19.8. The minimum atomic E-state index is -0.0797. The average molecular weight is 236 g/mol. The summed E-state index contributed by atoms with van der Waals surface area (Å²) in [6.07, 6.45) is 4.49. The second-order valence-electron chi connectivity index (χ2n) is 5.64. The number of likely N-dealkylation sites (tertiary alicyclic amines) is 1. The highest BCUT2D eigenvalue weighted by atomic mass is 15.1. The zero-order valence-corrected chi connectivity index (χ0v) is 11.4. The maximum Gasteiger partial charge on any atom is 0.126 e. The van der Waals surface area contributed by atoms with Crippen LogP contribution in [0.5, 0.6) is 0 Å². The molecule has 1 aliphatic rings. The first-order valence-electron chi connectivity index (χ1n) is 6.46. The molecule has 0 aromatic carbocycles. The predicted octanol–water partition coefficient (Wildman–Crippen LogP) is 1.67. The minimum absolute atomic E-state index is 0.0797. The van der Waals surface area contributed by atoms with E-state index in [2.05, 4.69) is 41.1 Å². The van der Waals surface area contributed by atoms with Crippen molar-refractivity contribution in [2.45, 2.75) is 38.1 Å². The zero-order valence-electron chi connectivity index (χ0n) is 11.4. The number of piperidine rings is 1. The highest BCUT2D eigenvalue weighted by molar-refractivity contribution is 5.13. The van der Waals surface area contributed by atoms with E-state index in [0.717, 1.165) is 5.82 Å². The van der Waals surface area contributed by atoms with Crippen molar-refractivity contribution >= 4 is 0 Å². The van der Waals surface area contributed by atoms with Crippen LogP contribution in [-0.2, 0) is 5.54 Å². The van der Waals surface area contributed by atoms with E-state index in [1.165, 1.54) is 31.6 Å². The average Bonchev–Trinajstić information content (AvgIpc) is 2.80. The van der Waals surface area contributed by atoms with Gasteiger partial charge in [0.25, 0.3) is 0 Å². The maximum absolute atomic E-state index is 4.52. The van der Waals surface area contributed by atoms with Crippen molar-refractivity contribution in [3.63, 3.8) is 0 Å². The number of aromatic nitrogens is 2. The molecule has 1 aromatic rings. The van der Waals surface area contributed by atoms with Gasteiger partial charge in [-0.25, -0.2) is 4.98 Å². The van der Waals surface area contributed by atoms with Crippen molar-refractivity contribution in [1.29, 1.82) is 0 Å². The van der Waals surface area contributed by atoms with Crippen LogP contribution >= 0.6 is 0 Å². The molecule has 1 aromatic heterocycles. The molecule has 0 bridgehead atoms. The quantitative estimate of drug-likeness (QED) is 0.839. The Bertz CT molecular complexity index is 361. The lowest BCUT2D eigenvalue weighted by molar-refractivity contribution is 0.253. The molecule has 1 aliphatic heterocycles. The number of imidazole rings is 1. The summed E-state index contributed by atoms with van der Waals surface area (Å²) in [4.78, 5) is 10.4. The molecule has 17 heavy (non-hydrogen) atoms. The first-order valence-corrected chi connectivity index (χ1v) is 6.46. The van der Waals surface area contributed by atoms with Gasteiger partial charge in [0, 0.05) is 17.8 Å². The summed E-state index contributed by atoms with van der Waals surface area (Å²) in [6, 6.07) is 0. The lowest BCUT2D eigenvalue weighted by atomic mass is 9.94. The summed E-state index contributed by atoms with van der Waals surface area (Å²) >= 11 is 0. The van der Waals surface area contributed by atoms with Crippen molar-refractivity contribution in [2.75, 3.05) is 27.2 Å². The highest BCUT2D eigenvalue weighted by Crippen LogP contribution is 2.27. The fourth-order valence-electron chi connectivity index (χ4n) is 2.30. The minimum Gasteiger partial charge on any atom is -0.344 e. The first kappa shape index (κ1) is 12.6. The summed E-state index contributed by atoms with van der Waals surface area (Å²) in [5.41, 5.74) is 1.22. The molecular formula is C13H24N4. The maximum atomic E-state index is 4.52. The molecule has 0 amide bonds. The lowest BCUT2D eigenvalue weighted by Gasteiger charge is -2.28. The molecule has 2 rings (SSSR count). The molecule has 1 saturated heterocycles. The standard InChI is InChI=1S/C13H24N4/c1-13(2,14-3)12-15-9-11(16-12)10-5-7-17(4)8-6-10/h9-10,14H,5-8H2,1-4H3,(H,15,16). The van der Waals surface area contributed by atoms with Gasteiger partial charge in [-0.2, -0.15) is 0 Å². The summed E-state index contributed by atoms with van der Waals surface area (Å²) in [5.74, 6) is 1.69. The van der Waals surface area contributed by atoms with Crippen LogP contribution < -0.4 is 5.32 Å². The third-order valence-electron chi connectivity index (χ3n) is 3.97. The summed E-state index contributed by atoms with van der Waals surface area (Å²) in [5, 5.41) is 3.28. The van der Waals surface area contributed by atoms with Crippen LogP contribution in [0.1, 0.15) is 44.1 Å². The van der Waals surface area contributed by atoms with Gasteiger partial charge < -0.3 is 15.2 Å². The Morgan fingerprint density at radius 2 is 2.06 bits per heavy atom. The number of rotatable bonds is 3. The van der Waals surface area contributed by atoms with Crippen molar-refractivity contribution < 1.29 is 0 Å². The summed E-state index contributed by atoms with van der Waals surface area (Å²) in [7, 11) is 4.16. The molecule has 96 valence electrons. The van der Waals surface area contributed by atoms with E-state index in [-0.39, 0.29) is 5.54 Å².